The summed E-state index contributed by atoms with van der Waals surface area (Å²) in [7, 11) is -3.88. The molecule has 0 unspecified atom stereocenters. The molecule has 0 radical (unpaired) electrons. The molecule has 0 bridgehead atoms. The highest BCUT2D eigenvalue weighted by Gasteiger charge is 2.19. The first kappa shape index (κ1) is 17.8. The van der Waals surface area contributed by atoms with Crippen LogP contribution >= 0.6 is 0 Å². The minimum absolute atomic E-state index is 0.106. The summed E-state index contributed by atoms with van der Waals surface area (Å²) in [5.74, 6) is -0.451. The molecule has 0 fully saturated rings. The highest BCUT2D eigenvalue weighted by atomic mass is 32.2. The predicted octanol–water partition coefficient (Wildman–Crippen LogP) is 2.94. The number of nitrogens with one attached hydrogen (secondary N) is 2. The van der Waals surface area contributed by atoms with Crippen LogP contribution in [0.25, 0.3) is 11.3 Å². The lowest BCUT2D eigenvalue weighted by Gasteiger charge is -2.13. The minimum atomic E-state index is -3.88. The van der Waals surface area contributed by atoms with Crippen molar-refractivity contribution in [2.45, 2.75) is 18.2 Å². The first-order valence-electron chi connectivity index (χ1n) is 7.86. The maximum absolute atomic E-state index is 13.0. The fourth-order valence-corrected chi connectivity index (χ4v) is 3.89. The Morgan fingerprint density at radius 1 is 1.08 bits per heavy atom. The van der Waals surface area contributed by atoms with Gasteiger partial charge in [-0.3, -0.25) is 9.52 Å². The van der Waals surface area contributed by atoms with Crippen molar-refractivity contribution in [1.29, 1.82) is 0 Å². The average Bonchev–Trinajstić information content (AvgIpc) is 2.63. The zero-order valence-electron chi connectivity index (χ0n) is 13.9. The van der Waals surface area contributed by atoms with Crippen LogP contribution in [0.3, 0.4) is 0 Å². The van der Waals surface area contributed by atoms with E-state index in [1.807, 2.05) is 6.92 Å². The van der Waals surface area contributed by atoms with E-state index >= 15 is 0 Å². The van der Waals surface area contributed by atoms with Gasteiger partial charge < -0.3 is 0 Å². The number of aromatic amines is 1. The van der Waals surface area contributed by atoms with E-state index < -0.39 is 15.8 Å². The van der Waals surface area contributed by atoms with Gasteiger partial charge in [-0.1, -0.05) is 19.1 Å². The van der Waals surface area contributed by atoms with Crippen molar-refractivity contribution >= 4 is 15.7 Å². The molecular weight excluding hydrogens is 357 g/mol. The highest BCUT2D eigenvalue weighted by Crippen LogP contribution is 2.26. The van der Waals surface area contributed by atoms with E-state index in [9.17, 15) is 17.6 Å². The van der Waals surface area contributed by atoms with E-state index in [2.05, 4.69) is 14.9 Å². The molecule has 0 saturated carbocycles. The van der Waals surface area contributed by atoms with Gasteiger partial charge in [0.1, 0.15) is 5.82 Å². The molecule has 3 aromatic rings. The lowest BCUT2D eigenvalue weighted by molar-refractivity contribution is 0.600. The number of benzene rings is 2. The number of hydrogen-bond donors (Lipinski definition) is 2. The van der Waals surface area contributed by atoms with Gasteiger partial charge in [0, 0.05) is 17.3 Å². The zero-order chi connectivity index (χ0) is 18.7. The molecular formula is C18H16FN3O3S. The zero-order valence-corrected chi connectivity index (χ0v) is 14.7. The van der Waals surface area contributed by atoms with Crippen molar-refractivity contribution in [3.05, 3.63) is 76.3 Å². The summed E-state index contributed by atoms with van der Waals surface area (Å²) >= 11 is 0. The van der Waals surface area contributed by atoms with Gasteiger partial charge in [-0.15, -0.1) is 0 Å². The Morgan fingerprint density at radius 2 is 1.81 bits per heavy atom. The number of aromatic nitrogens is 2. The van der Waals surface area contributed by atoms with Gasteiger partial charge in [0.15, 0.2) is 0 Å². The number of H-pyrrole nitrogens is 1. The van der Waals surface area contributed by atoms with E-state index in [1.54, 1.807) is 12.1 Å². The van der Waals surface area contributed by atoms with E-state index in [-0.39, 0.29) is 16.1 Å². The fourth-order valence-electron chi connectivity index (χ4n) is 2.49. The molecule has 26 heavy (non-hydrogen) atoms. The summed E-state index contributed by atoms with van der Waals surface area (Å²) in [6, 6.07) is 12.9. The number of sulfonamides is 1. The number of aryl methyl sites for hydroxylation is 1. The van der Waals surface area contributed by atoms with Crippen molar-refractivity contribution in [2.24, 2.45) is 0 Å². The van der Waals surface area contributed by atoms with Crippen LogP contribution in [0.4, 0.5) is 10.1 Å². The van der Waals surface area contributed by atoms with Crippen molar-refractivity contribution in [3.8, 4) is 11.3 Å². The third kappa shape index (κ3) is 3.80. The van der Waals surface area contributed by atoms with Crippen molar-refractivity contribution in [3.63, 3.8) is 0 Å². The molecule has 0 saturated heterocycles. The Kier molecular flexibility index (Phi) is 4.85. The third-order valence-corrected chi connectivity index (χ3v) is 5.27. The number of nitrogens with zero attached hydrogens (tertiary/aromatic N) is 1. The SMILES string of the molecule is CCc1ccc(-c2ccc(=O)[nH]n2)cc1S(=O)(=O)Nc1ccc(F)cc1. The van der Waals surface area contributed by atoms with Gasteiger partial charge in [0.2, 0.25) is 0 Å². The largest absolute Gasteiger partial charge is 0.280 e. The lowest BCUT2D eigenvalue weighted by atomic mass is 10.1. The summed E-state index contributed by atoms with van der Waals surface area (Å²) in [6.07, 6.45) is 0.513. The highest BCUT2D eigenvalue weighted by molar-refractivity contribution is 7.92. The molecule has 0 amide bonds. The first-order chi connectivity index (χ1) is 12.4. The van der Waals surface area contributed by atoms with E-state index in [0.29, 0.717) is 23.2 Å². The monoisotopic (exact) mass is 373 g/mol. The molecule has 6 nitrogen and oxygen atoms in total. The van der Waals surface area contributed by atoms with Gasteiger partial charge in [-0.25, -0.2) is 17.9 Å². The molecule has 1 aromatic heterocycles. The van der Waals surface area contributed by atoms with Gasteiger partial charge in [-0.05, 0) is 48.4 Å². The van der Waals surface area contributed by atoms with Crippen LogP contribution in [-0.2, 0) is 16.4 Å². The standard InChI is InChI=1S/C18H16FN3O3S/c1-2-12-3-4-13(16-9-10-18(23)21-20-16)11-17(12)26(24,25)22-15-7-5-14(19)6-8-15/h3-11,22H,2H2,1H3,(H,21,23). The molecule has 2 N–H and O–H groups in total. The Balaban J connectivity index is 2.03. The fraction of sp³-hybridized carbons (Fsp3) is 0.111. The van der Waals surface area contributed by atoms with Crippen LogP contribution < -0.4 is 10.3 Å². The van der Waals surface area contributed by atoms with Crippen LogP contribution in [0.1, 0.15) is 12.5 Å². The van der Waals surface area contributed by atoms with E-state index in [0.717, 1.165) is 0 Å². The second-order valence-electron chi connectivity index (χ2n) is 5.59. The second-order valence-corrected chi connectivity index (χ2v) is 7.25. The molecule has 8 heteroatoms. The molecule has 3 rings (SSSR count). The maximum Gasteiger partial charge on any atom is 0.264 e. The average molecular weight is 373 g/mol. The molecule has 0 aliphatic heterocycles. The summed E-state index contributed by atoms with van der Waals surface area (Å²) in [5.41, 5.74) is 1.56. The number of hydrogen-bond acceptors (Lipinski definition) is 4. The van der Waals surface area contributed by atoms with Gasteiger partial charge in [-0.2, -0.15) is 5.10 Å². The molecule has 1 heterocycles. The molecule has 0 aliphatic carbocycles. The number of halogens is 1. The molecule has 134 valence electrons. The Hall–Kier alpha value is -3.00. The van der Waals surface area contributed by atoms with Crippen LogP contribution in [-0.4, -0.2) is 18.6 Å². The van der Waals surface area contributed by atoms with Gasteiger partial charge >= 0.3 is 0 Å². The second kappa shape index (κ2) is 7.09. The van der Waals surface area contributed by atoms with Crippen LogP contribution in [0.2, 0.25) is 0 Å². The van der Waals surface area contributed by atoms with Crippen LogP contribution in [0.15, 0.2) is 64.3 Å². The topological polar surface area (TPSA) is 91.9 Å². The van der Waals surface area contributed by atoms with Gasteiger partial charge in [0.05, 0.1) is 10.6 Å². The minimum Gasteiger partial charge on any atom is -0.280 e. The lowest BCUT2D eigenvalue weighted by Crippen LogP contribution is -2.15. The molecule has 2 aromatic carbocycles. The quantitative estimate of drug-likeness (QED) is 0.719. The molecule has 0 aliphatic rings. The van der Waals surface area contributed by atoms with Crippen molar-refractivity contribution in [1.82, 2.24) is 10.2 Å². The Morgan fingerprint density at radius 3 is 2.42 bits per heavy atom. The third-order valence-electron chi connectivity index (χ3n) is 3.81. The molecule has 0 atom stereocenters. The molecule has 0 spiro atoms. The van der Waals surface area contributed by atoms with Crippen LogP contribution in [0.5, 0.6) is 0 Å². The number of anilines is 1. The first-order valence-corrected chi connectivity index (χ1v) is 9.35. The van der Waals surface area contributed by atoms with E-state index in [4.69, 9.17) is 0 Å². The Labute approximate surface area is 149 Å². The smallest absolute Gasteiger partial charge is 0.264 e. The predicted molar refractivity (Wildman–Crippen MR) is 96.9 cm³/mol. The van der Waals surface area contributed by atoms with Gasteiger partial charge in [0.25, 0.3) is 15.6 Å². The van der Waals surface area contributed by atoms with Crippen LogP contribution in [0, 0.1) is 5.82 Å². The van der Waals surface area contributed by atoms with Crippen molar-refractivity contribution in [2.75, 3.05) is 4.72 Å². The summed E-state index contributed by atoms with van der Waals surface area (Å²) < 4.78 is 41.1. The summed E-state index contributed by atoms with van der Waals surface area (Å²) in [5, 5.41) is 6.25. The van der Waals surface area contributed by atoms with Crippen molar-refractivity contribution < 1.29 is 12.8 Å². The Bertz CT molecular complexity index is 1070. The summed E-state index contributed by atoms with van der Waals surface area (Å²) in [4.78, 5) is 11.3. The maximum atomic E-state index is 13.0. The normalized spacial score (nSPS) is 11.3. The van der Waals surface area contributed by atoms with E-state index in [1.165, 1.54) is 42.5 Å². The number of rotatable bonds is 5. The summed E-state index contributed by atoms with van der Waals surface area (Å²) in [6.45, 7) is 1.85.